The second-order valence-corrected chi connectivity index (χ2v) is 7.11. The fourth-order valence-corrected chi connectivity index (χ4v) is 3.63. The van der Waals surface area contributed by atoms with Gasteiger partial charge < -0.3 is 0 Å². The Morgan fingerprint density at radius 1 is 1.26 bits per heavy atom. The topological polar surface area (TPSA) is 49.4 Å². The first-order chi connectivity index (χ1) is 11.0. The van der Waals surface area contributed by atoms with Gasteiger partial charge in [-0.3, -0.25) is 15.0 Å². The Labute approximate surface area is 145 Å². The van der Waals surface area contributed by atoms with Crippen LogP contribution in [0.2, 0.25) is 0 Å². The number of hydrogen-bond donors (Lipinski definition) is 1. The van der Waals surface area contributed by atoms with Gasteiger partial charge in [0.15, 0.2) is 4.32 Å². The van der Waals surface area contributed by atoms with Crippen LogP contribution in [0.25, 0.3) is 6.08 Å². The molecule has 1 aliphatic heterocycles. The number of nitrogens with zero attached hydrogens (tertiary/aromatic N) is 1. The predicted octanol–water partition coefficient (Wildman–Crippen LogP) is 3.43. The van der Waals surface area contributed by atoms with Gasteiger partial charge in [-0.25, -0.2) is 4.39 Å². The van der Waals surface area contributed by atoms with Crippen molar-refractivity contribution in [2.24, 2.45) is 0 Å². The molecule has 3 rings (SSSR count). The minimum absolute atomic E-state index is 0.244. The summed E-state index contributed by atoms with van der Waals surface area (Å²) in [5.74, 6) is -1.15. The maximum Gasteiger partial charge on any atom is 0.285 e. The van der Waals surface area contributed by atoms with Crippen molar-refractivity contribution in [3.8, 4) is 0 Å². The number of hydrazine groups is 1. The number of hydrogen-bond acceptors (Lipinski definition) is 5. The van der Waals surface area contributed by atoms with E-state index in [0.717, 1.165) is 16.8 Å². The molecule has 0 radical (unpaired) electrons. The van der Waals surface area contributed by atoms with Crippen molar-refractivity contribution < 1.29 is 14.0 Å². The van der Waals surface area contributed by atoms with Crippen molar-refractivity contribution in [1.82, 2.24) is 10.4 Å². The molecule has 1 N–H and O–H groups in total. The molecule has 1 fully saturated rings. The molecule has 0 atom stereocenters. The van der Waals surface area contributed by atoms with E-state index < -0.39 is 5.91 Å². The Kier molecular flexibility index (Phi) is 4.56. The molecular weight excluding hydrogens is 355 g/mol. The average molecular weight is 364 g/mol. The molecule has 2 amide bonds. The molecule has 2 aromatic rings. The molecule has 0 aliphatic carbocycles. The fraction of sp³-hybridized carbons (Fsp3) is 0. The third-order valence-corrected chi connectivity index (χ3v) is 5.09. The molecule has 8 heteroatoms. The Morgan fingerprint density at radius 3 is 2.65 bits per heavy atom. The van der Waals surface area contributed by atoms with Gasteiger partial charge in [0.2, 0.25) is 0 Å². The maximum absolute atomic E-state index is 12.9. The summed E-state index contributed by atoms with van der Waals surface area (Å²) in [6.07, 6.45) is 1.61. The van der Waals surface area contributed by atoms with Crippen LogP contribution in [-0.2, 0) is 4.79 Å². The van der Waals surface area contributed by atoms with Gasteiger partial charge >= 0.3 is 0 Å². The van der Waals surface area contributed by atoms with Crippen LogP contribution in [0.15, 0.2) is 46.7 Å². The first-order valence-electron chi connectivity index (χ1n) is 6.42. The fourth-order valence-electron chi connectivity index (χ4n) is 1.84. The van der Waals surface area contributed by atoms with Crippen molar-refractivity contribution in [1.29, 1.82) is 0 Å². The highest BCUT2D eigenvalue weighted by molar-refractivity contribution is 8.26. The number of carbonyl (C=O) groups excluding carboxylic acids is 2. The van der Waals surface area contributed by atoms with E-state index in [1.165, 1.54) is 23.5 Å². The van der Waals surface area contributed by atoms with Crippen LogP contribution in [-0.4, -0.2) is 21.1 Å². The summed E-state index contributed by atoms with van der Waals surface area (Å²) in [4.78, 5) is 25.2. The van der Waals surface area contributed by atoms with E-state index in [4.69, 9.17) is 12.2 Å². The third-order valence-electron chi connectivity index (χ3n) is 2.92. The van der Waals surface area contributed by atoms with Crippen LogP contribution in [0.4, 0.5) is 4.39 Å². The first-order valence-corrected chi connectivity index (χ1v) is 8.53. The number of nitrogens with one attached hydrogen (secondary N) is 1. The third kappa shape index (κ3) is 3.49. The molecular formula is C15H9FN2O2S3. The number of benzene rings is 1. The zero-order valence-electron chi connectivity index (χ0n) is 11.5. The largest absolute Gasteiger partial charge is 0.285 e. The lowest BCUT2D eigenvalue weighted by Crippen LogP contribution is -2.44. The molecule has 0 bridgehead atoms. The monoisotopic (exact) mass is 364 g/mol. The van der Waals surface area contributed by atoms with E-state index >= 15 is 0 Å². The van der Waals surface area contributed by atoms with Crippen molar-refractivity contribution in [3.05, 3.63) is 62.9 Å². The summed E-state index contributed by atoms with van der Waals surface area (Å²) >= 11 is 7.49. The minimum Gasteiger partial charge on any atom is -0.266 e. The predicted molar refractivity (Wildman–Crippen MR) is 93.2 cm³/mol. The van der Waals surface area contributed by atoms with Gasteiger partial charge in [0, 0.05) is 0 Å². The molecule has 1 aromatic carbocycles. The summed E-state index contributed by atoms with van der Waals surface area (Å²) in [5, 5.41) is 2.82. The SMILES string of the molecule is O=C(NN1C(=O)/C(=C\c2ccc(F)cc2)SC1=S)c1cccs1. The van der Waals surface area contributed by atoms with Gasteiger partial charge in [-0.15, -0.1) is 11.3 Å². The average Bonchev–Trinajstić information content (AvgIpc) is 3.14. The summed E-state index contributed by atoms with van der Waals surface area (Å²) in [6, 6.07) is 9.15. The Bertz CT molecular complexity index is 801. The van der Waals surface area contributed by atoms with Crippen molar-refractivity contribution >= 4 is 57.5 Å². The number of thiophene rings is 1. The number of thiocarbonyl (C=S) groups is 1. The van der Waals surface area contributed by atoms with E-state index in [9.17, 15) is 14.0 Å². The lowest BCUT2D eigenvalue weighted by atomic mass is 10.2. The quantitative estimate of drug-likeness (QED) is 0.670. The second-order valence-electron chi connectivity index (χ2n) is 4.49. The number of thioether (sulfide) groups is 1. The van der Waals surface area contributed by atoms with Crippen LogP contribution in [0.3, 0.4) is 0 Å². The Balaban J connectivity index is 1.77. The van der Waals surface area contributed by atoms with Crippen LogP contribution < -0.4 is 5.43 Å². The molecule has 0 unspecified atom stereocenters. The lowest BCUT2D eigenvalue weighted by Gasteiger charge is -2.14. The first kappa shape index (κ1) is 15.9. The highest BCUT2D eigenvalue weighted by Crippen LogP contribution is 2.31. The standard InChI is InChI=1S/C15H9FN2O2S3/c16-10-5-3-9(4-6-10)8-12-14(20)18(15(21)23-12)17-13(19)11-2-1-7-22-11/h1-8H,(H,17,19)/b12-8+. The Morgan fingerprint density at radius 2 is 2.00 bits per heavy atom. The minimum atomic E-state index is -0.408. The van der Waals surface area contributed by atoms with Crippen molar-refractivity contribution in [3.63, 3.8) is 0 Å². The molecule has 4 nitrogen and oxygen atoms in total. The van der Waals surface area contributed by atoms with E-state index in [0.29, 0.717) is 15.3 Å². The van der Waals surface area contributed by atoms with E-state index in [2.05, 4.69) is 5.43 Å². The Hall–Kier alpha value is -2.03. The molecule has 1 aromatic heterocycles. The number of amides is 2. The second kappa shape index (κ2) is 6.61. The summed E-state index contributed by atoms with van der Waals surface area (Å²) in [5.41, 5.74) is 3.18. The molecule has 0 saturated carbocycles. The molecule has 2 heterocycles. The number of halogens is 1. The normalized spacial score (nSPS) is 16.2. The van der Waals surface area contributed by atoms with Crippen molar-refractivity contribution in [2.45, 2.75) is 0 Å². The number of carbonyl (C=O) groups is 2. The van der Waals surface area contributed by atoms with Gasteiger partial charge in [-0.1, -0.05) is 30.0 Å². The van der Waals surface area contributed by atoms with Gasteiger partial charge in [0.05, 0.1) is 9.78 Å². The summed E-state index contributed by atoms with van der Waals surface area (Å²) in [6.45, 7) is 0. The van der Waals surface area contributed by atoms with Crippen LogP contribution in [0.1, 0.15) is 15.2 Å². The smallest absolute Gasteiger partial charge is 0.266 e. The molecule has 116 valence electrons. The molecule has 1 aliphatic rings. The maximum atomic E-state index is 12.9. The van der Waals surface area contributed by atoms with E-state index in [-0.39, 0.29) is 16.0 Å². The van der Waals surface area contributed by atoms with Crippen molar-refractivity contribution in [2.75, 3.05) is 0 Å². The van der Waals surface area contributed by atoms with Gasteiger partial charge in [0.1, 0.15) is 5.82 Å². The molecule has 0 spiro atoms. The molecule has 23 heavy (non-hydrogen) atoms. The highest BCUT2D eigenvalue weighted by Gasteiger charge is 2.33. The van der Waals surface area contributed by atoms with Crippen LogP contribution >= 0.6 is 35.3 Å². The zero-order chi connectivity index (χ0) is 16.4. The summed E-state index contributed by atoms with van der Waals surface area (Å²) < 4.78 is 13.2. The van der Waals surface area contributed by atoms with Gasteiger partial charge in [0.25, 0.3) is 11.8 Å². The molecule has 1 saturated heterocycles. The summed E-state index contributed by atoms with van der Waals surface area (Å²) in [7, 11) is 0. The van der Waals surface area contributed by atoms with Gasteiger partial charge in [-0.05, 0) is 47.4 Å². The number of rotatable bonds is 3. The van der Waals surface area contributed by atoms with Crippen LogP contribution in [0.5, 0.6) is 0 Å². The van der Waals surface area contributed by atoms with Crippen LogP contribution in [0, 0.1) is 5.82 Å². The van der Waals surface area contributed by atoms with E-state index in [1.54, 1.807) is 35.7 Å². The highest BCUT2D eigenvalue weighted by atomic mass is 32.2. The van der Waals surface area contributed by atoms with Gasteiger partial charge in [-0.2, -0.15) is 5.01 Å². The lowest BCUT2D eigenvalue weighted by molar-refractivity contribution is -0.123. The zero-order valence-corrected chi connectivity index (χ0v) is 13.9. The van der Waals surface area contributed by atoms with E-state index in [1.807, 2.05) is 0 Å².